The van der Waals surface area contributed by atoms with E-state index in [1.54, 1.807) is 6.07 Å². The number of anilines is 2. The Balaban J connectivity index is 1.25. The van der Waals surface area contributed by atoms with Crippen molar-refractivity contribution in [3.05, 3.63) is 40.5 Å². The van der Waals surface area contributed by atoms with Crippen LogP contribution in [0.5, 0.6) is 0 Å². The van der Waals surface area contributed by atoms with E-state index in [2.05, 4.69) is 30.0 Å². The predicted octanol–water partition coefficient (Wildman–Crippen LogP) is 3.80. The smallest absolute Gasteiger partial charge is 0.230 e. The van der Waals surface area contributed by atoms with Crippen molar-refractivity contribution in [2.45, 2.75) is 24.4 Å². The van der Waals surface area contributed by atoms with Gasteiger partial charge in [-0.05, 0) is 38.1 Å². The van der Waals surface area contributed by atoms with E-state index >= 15 is 0 Å². The second-order valence-electron chi connectivity index (χ2n) is 8.30. The van der Waals surface area contributed by atoms with Crippen molar-refractivity contribution >= 4 is 52.4 Å². The molecule has 33 heavy (non-hydrogen) atoms. The highest BCUT2D eigenvalue weighted by Gasteiger charge is 2.21. The lowest BCUT2D eigenvalue weighted by Gasteiger charge is -2.37. The quantitative estimate of drug-likeness (QED) is 0.330. The number of piperazine rings is 1. The SMILES string of the molecule is O=C(CSc1nc(Cl)cc(N2CCN(c3ccccc3Cl)CC2)n1)NCCN1CCCCC1. The number of piperidine rings is 1. The van der Waals surface area contributed by atoms with Gasteiger partial charge in [0.2, 0.25) is 5.91 Å². The molecule has 4 rings (SSSR count). The molecule has 2 aliphatic rings. The molecule has 7 nitrogen and oxygen atoms in total. The summed E-state index contributed by atoms with van der Waals surface area (Å²) in [6.07, 6.45) is 3.83. The zero-order valence-electron chi connectivity index (χ0n) is 18.7. The third-order valence-corrected chi connectivity index (χ3v) is 7.35. The van der Waals surface area contributed by atoms with Gasteiger partial charge in [0, 0.05) is 45.3 Å². The van der Waals surface area contributed by atoms with Gasteiger partial charge in [-0.3, -0.25) is 4.79 Å². The van der Waals surface area contributed by atoms with E-state index in [9.17, 15) is 4.79 Å². The first-order chi connectivity index (χ1) is 16.1. The average molecular weight is 510 g/mol. The topological polar surface area (TPSA) is 64.6 Å². The van der Waals surface area contributed by atoms with Gasteiger partial charge >= 0.3 is 0 Å². The van der Waals surface area contributed by atoms with Crippen LogP contribution in [0.3, 0.4) is 0 Å². The number of carbonyl (C=O) groups excluding carboxylic acids is 1. The number of amides is 1. The lowest BCUT2D eigenvalue weighted by Crippen LogP contribution is -2.47. The van der Waals surface area contributed by atoms with Gasteiger partial charge in [0.05, 0.1) is 16.5 Å². The number of rotatable bonds is 8. The molecule has 2 aromatic rings. The maximum Gasteiger partial charge on any atom is 0.230 e. The first-order valence-corrected chi connectivity index (χ1v) is 13.2. The number of nitrogens with one attached hydrogen (secondary N) is 1. The summed E-state index contributed by atoms with van der Waals surface area (Å²) in [6, 6.07) is 9.70. The van der Waals surface area contributed by atoms with Crippen LogP contribution < -0.4 is 15.1 Å². The lowest BCUT2D eigenvalue weighted by molar-refractivity contribution is -0.118. The second-order valence-corrected chi connectivity index (χ2v) is 10.0. The Labute approximate surface area is 209 Å². The molecule has 0 atom stereocenters. The van der Waals surface area contributed by atoms with Crippen molar-refractivity contribution in [3.63, 3.8) is 0 Å². The van der Waals surface area contributed by atoms with E-state index in [1.165, 1.54) is 31.0 Å². The Morgan fingerprint density at radius 1 is 0.970 bits per heavy atom. The molecule has 1 amide bonds. The van der Waals surface area contributed by atoms with Crippen LogP contribution in [0.4, 0.5) is 11.5 Å². The number of nitrogens with zero attached hydrogens (tertiary/aromatic N) is 5. The van der Waals surface area contributed by atoms with Crippen LogP contribution in [0.15, 0.2) is 35.5 Å². The number of aromatic nitrogens is 2. The summed E-state index contributed by atoms with van der Waals surface area (Å²) in [5.41, 5.74) is 1.06. The van der Waals surface area contributed by atoms with Gasteiger partial charge in [-0.1, -0.05) is 53.5 Å². The Bertz CT molecular complexity index is 935. The first kappa shape index (κ1) is 24.4. The average Bonchev–Trinajstić information content (AvgIpc) is 2.84. The van der Waals surface area contributed by atoms with Gasteiger partial charge in [-0.25, -0.2) is 9.97 Å². The van der Waals surface area contributed by atoms with Crippen LogP contribution in [-0.2, 0) is 4.79 Å². The minimum atomic E-state index is -0.00418. The predicted molar refractivity (Wildman–Crippen MR) is 137 cm³/mol. The zero-order chi connectivity index (χ0) is 23.0. The zero-order valence-corrected chi connectivity index (χ0v) is 21.0. The molecule has 0 bridgehead atoms. The maximum atomic E-state index is 12.3. The number of likely N-dealkylation sites (tertiary alicyclic amines) is 1. The summed E-state index contributed by atoms with van der Waals surface area (Å²) < 4.78 is 0. The van der Waals surface area contributed by atoms with Crippen molar-refractivity contribution in [1.82, 2.24) is 20.2 Å². The molecule has 10 heteroatoms. The normalized spacial score (nSPS) is 17.3. The second kappa shape index (κ2) is 12.1. The third-order valence-electron chi connectivity index (χ3n) is 5.99. The summed E-state index contributed by atoms with van der Waals surface area (Å²) in [6.45, 7) is 7.15. The lowest BCUT2D eigenvalue weighted by atomic mass is 10.1. The van der Waals surface area contributed by atoms with E-state index in [-0.39, 0.29) is 11.7 Å². The van der Waals surface area contributed by atoms with Crippen molar-refractivity contribution in [1.29, 1.82) is 0 Å². The van der Waals surface area contributed by atoms with E-state index in [0.29, 0.717) is 16.9 Å². The maximum absolute atomic E-state index is 12.3. The van der Waals surface area contributed by atoms with Crippen molar-refractivity contribution < 1.29 is 4.79 Å². The number of halogens is 2. The number of hydrogen-bond donors (Lipinski definition) is 1. The minimum absolute atomic E-state index is 0.00418. The van der Waals surface area contributed by atoms with Crippen LogP contribution in [0.1, 0.15) is 19.3 Å². The fourth-order valence-electron chi connectivity index (χ4n) is 4.21. The molecule has 2 saturated heterocycles. The van der Waals surface area contributed by atoms with Crippen LogP contribution in [0, 0.1) is 0 Å². The fourth-order valence-corrected chi connectivity index (χ4v) is 5.38. The molecule has 0 saturated carbocycles. The van der Waals surface area contributed by atoms with Crippen molar-refractivity contribution in [3.8, 4) is 0 Å². The van der Waals surface area contributed by atoms with E-state index in [4.69, 9.17) is 23.2 Å². The van der Waals surface area contributed by atoms with Gasteiger partial charge in [0.25, 0.3) is 0 Å². The van der Waals surface area contributed by atoms with Crippen LogP contribution in [0.2, 0.25) is 10.2 Å². The van der Waals surface area contributed by atoms with Gasteiger partial charge in [0.15, 0.2) is 5.16 Å². The number of hydrogen-bond acceptors (Lipinski definition) is 7. The summed E-state index contributed by atoms with van der Waals surface area (Å²) >= 11 is 13.9. The summed E-state index contributed by atoms with van der Waals surface area (Å²) in [5.74, 6) is 1.07. The molecule has 1 aromatic carbocycles. The molecule has 2 aliphatic heterocycles. The molecule has 0 spiro atoms. The van der Waals surface area contributed by atoms with Gasteiger partial charge < -0.3 is 20.0 Å². The first-order valence-electron chi connectivity index (χ1n) is 11.5. The summed E-state index contributed by atoms with van der Waals surface area (Å²) in [5, 5.41) is 4.68. The summed E-state index contributed by atoms with van der Waals surface area (Å²) in [7, 11) is 0. The van der Waals surface area contributed by atoms with Gasteiger partial charge in [-0.2, -0.15) is 0 Å². The highest BCUT2D eigenvalue weighted by Crippen LogP contribution is 2.28. The van der Waals surface area contributed by atoms with E-state index in [1.807, 2.05) is 24.3 Å². The van der Waals surface area contributed by atoms with Gasteiger partial charge in [-0.15, -0.1) is 0 Å². The van der Waals surface area contributed by atoms with Crippen LogP contribution in [0.25, 0.3) is 0 Å². The molecule has 178 valence electrons. The molecular weight excluding hydrogens is 479 g/mol. The largest absolute Gasteiger partial charge is 0.367 e. The molecule has 1 N–H and O–H groups in total. The van der Waals surface area contributed by atoms with Crippen LogP contribution >= 0.6 is 35.0 Å². The fraction of sp³-hybridized carbons (Fsp3) is 0.522. The highest BCUT2D eigenvalue weighted by atomic mass is 35.5. The standard InChI is InChI=1S/C23H30Cl2N6OS/c24-18-6-2-3-7-19(18)30-12-14-31(15-13-30)21-16-20(25)27-23(28-21)33-17-22(32)26-8-11-29-9-4-1-5-10-29/h2-3,6-7,16H,1,4-5,8-15,17H2,(H,26,32). The molecule has 2 fully saturated rings. The van der Waals surface area contributed by atoms with Gasteiger partial charge in [0.1, 0.15) is 11.0 Å². The Kier molecular flexibility index (Phi) is 8.95. The van der Waals surface area contributed by atoms with E-state index in [0.717, 1.165) is 62.3 Å². The number of benzene rings is 1. The molecule has 0 radical (unpaired) electrons. The Morgan fingerprint density at radius 2 is 1.70 bits per heavy atom. The Morgan fingerprint density at radius 3 is 2.45 bits per heavy atom. The number of thioether (sulfide) groups is 1. The minimum Gasteiger partial charge on any atom is -0.367 e. The number of para-hydroxylation sites is 1. The molecular formula is C23H30Cl2N6OS. The number of carbonyl (C=O) groups is 1. The monoisotopic (exact) mass is 508 g/mol. The van der Waals surface area contributed by atoms with Crippen molar-refractivity contribution in [2.24, 2.45) is 0 Å². The van der Waals surface area contributed by atoms with E-state index < -0.39 is 0 Å². The highest BCUT2D eigenvalue weighted by molar-refractivity contribution is 7.99. The Hall–Kier alpha value is -1.74. The third kappa shape index (κ3) is 7.12. The molecule has 0 unspecified atom stereocenters. The molecule has 1 aromatic heterocycles. The van der Waals surface area contributed by atoms with Crippen molar-refractivity contribution in [2.75, 3.05) is 67.9 Å². The molecule has 3 heterocycles. The summed E-state index contributed by atoms with van der Waals surface area (Å²) in [4.78, 5) is 28.1. The molecule has 0 aliphatic carbocycles. The van der Waals surface area contributed by atoms with Crippen LogP contribution in [-0.4, -0.2) is 78.9 Å².